The molecule has 37 heavy (non-hydrogen) atoms. The van der Waals surface area contributed by atoms with E-state index in [1.807, 2.05) is 0 Å². The van der Waals surface area contributed by atoms with Crippen LogP contribution in [0.3, 0.4) is 0 Å². The average Bonchev–Trinajstić information content (AvgIpc) is 3.63. The maximum atomic E-state index is 5.90. The minimum atomic E-state index is 0.0824. The highest BCUT2D eigenvalue weighted by atomic mass is 16.5. The fraction of sp³-hybridized carbons (Fsp3) is 0.471. The van der Waals surface area contributed by atoms with Gasteiger partial charge in [0.05, 0.1) is 12.8 Å². The number of nitrogens with one attached hydrogen (secondary N) is 2. The molecule has 2 N–H and O–H groups in total. The van der Waals surface area contributed by atoms with Crippen LogP contribution in [0.1, 0.15) is 69.1 Å². The van der Waals surface area contributed by atoms with Crippen LogP contribution in [0.2, 0.25) is 0 Å². The van der Waals surface area contributed by atoms with E-state index in [4.69, 9.17) is 4.74 Å². The lowest BCUT2D eigenvalue weighted by atomic mass is 9.79. The van der Waals surface area contributed by atoms with Crippen molar-refractivity contribution in [2.75, 3.05) is 12.4 Å². The molecule has 3 aromatic rings. The van der Waals surface area contributed by atoms with Crippen LogP contribution < -0.4 is 15.4 Å². The number of rotatable bonds is 6. The molecule has 3 fully saturated rings. The summed E-state index contributed by atoms with van der Waals surface area (Å²) in [5, 5.41) is 8.39. The summed E-state index contributed by atoms with van der Waals surface area (Å²) in [6.45, 7) is 6.86. The van der Waals surface area contributed by atoms with Gasteiger partial charge in [0.1, 0.15) is 5.75 Å². The molecule has 1 saturated heterocycles. The molecular weight excluding hydrogens is 452 g/mol. The molecule has 0 radical (unpaired) electrons. The molecule has 2 aliphatic carbocycles. The first-order valence-electron chi connectivity index (χ1n) is 14.2. The van der Waals surface area contributed by atoms with Crippen molar-refractivity contribution < 1.29 is 4.74 Å². The third-order valence-electron chi connectivity index (χ3n) is 9.34. The number of ether oxygens (including phenoxy) is 1. The van der Waals surface area contributed by atoms with Gasteiger partial charge in [0.25, 0.3) is 0 Å². The molecule has 6 rings (SSSR count). The zero-order valence-corrected chi connectivity index (χ0v) is 22.8. The molecular formula is C34H42N2O. The van der Waals surface area contributed by atoms with Gasteiger partial charge in [-0.15, -0.1) is 0 Å². The van der Waals surface area contributed by atoms with Crippen LogP contribution in [0.5, 0.6) is 5.75 Å². The molecule has 194 valence electrons. The highest BCUT2D eigenvalue weighted by Crippen LogP contribution is 2.59. The van der Waals surface area contributed by atoms with Crippen molar-refractivity contribution in [1.82, 2.24) is 5.32 Å². The second-order valence-corrected chi connectivity index (χ2v) is 12.6. The summed E-state index contributed by atoms with van der Waals surface area (Å²) in [4.78, 5) is 0. The Morgan fingerprint density at radius 2 is 1.54 bits per heavy atom. The lowest BCUT2D eigenvalue weighted by Crippen LogP contribution is -2.51. The molecule has 2 saturated carbocycles. The van der Waals surface area contributed by atoms with Gasteiger partial charge in [-0.25, -0.2) is 0 Å². The molecule has 0 amide bonds. The topological polar surface area (TPSA) is 33.3 Å². The van der Waals surface area contributed by atoms with Crippen LogP contribution in [0, 0.1) is 17.8 Å². The average molecular weight is 495 g/mol. The Labute approximate surface area is 223 Å². The summed E-state index contributed by atoms with van der Waals surface area (Å²) in [5.74, 6) is 3.58. The van der Waals surface area contributed by atoms with E-state index in [1.165, 1.54) is 42.4 Å². The zero-order chi connectivity index (χ0) is 25.6. The van der Waals surface area contributed by atoms with Crippen LogP contribution in [-0.4, -0.2) is 25.2 Å². The van der Waals surface area contributed by atoms with E-state index in [9.17, 15) is 0 Å². The number of hydrogen-bond acceptors (Lipinski definition) is 3. The smallest absolute Gasteiger partial charge is 0.141 e. The van der Waals surface area contributed by atoms with E-state index in [0.29, 0.717) is 18.0 Å². The van der Waals surface area contributed by atoms with Gasteiger partial charge in [0, 0.05) is 24.0 Å². The summed E-state index contributed by atoms with van der Waals surface area (Å²) in [5.41, 5.74) is 5.33. The Bertz CT molecular complexity index is 1160. The van der Waals surface area contributed by atoms with E-state index < -0.39 is 0 Å². The highest BCUT2D eigenvalue weighted by molar-refractivity contribution is 5.60. The lowest BCUT2D eigenvalue weighted by Gasteiger charge is -2.38. The highest BCUT2D eigenvalue weighted by Gasteiger charge is 2.59. The lowest BCUT2D eigenvalue weighted by molar-refractivity contribution is 0.351. The molecule has 3 heteroatoms. The number of hydrogen-bond donors (Lipinski definition) is 2. The molecule has 0 aromatic heterocycles. The zero-order valence-electron chi connectivity index (χ0n) is 22.8. The van der Waals surface area contributed by atoms with Gasteiger partial charge < -0.3 is 15.4 Å². The summed E-state index contributed by atoms with van der Waals surface area (Å²) >= 11 is 0. The van der Waals surface area contributed by atoms with Gasteiger partial charge in [-0.3, -0.25) is 0 Å². The van der Waals surface area contributed by atoms with Crippen molar-refractivity contribution in [3.63, 3.8) is 0 Å². The fourth-order valence-electron chi connectivity index (χ4n) is 7.44. The van der Waals surface area contributed by atoms with E-state index in [0.717, 1.165) is 23.3 Å². The van der Waals surface area contributed by atoms with Crippen LogP contribution in [0.4, 0.5) is 5.69 Å². The largest absolute Gasteiger partial charge is 0.495 e. The van der Waals surface area contributed by atoms with Gasteiger partial charge in [-0.2, -0.15) is 0 Å². The SMILES string of the molecule is COc1ccc(C(C)(C)C)cc1NC1C(C(c2ccccc2)c2ccccc2)NC2CCC[C@H]3C(C2)[C@@H]13. The normalized spacial score (nSPS) is 28.8. The van der Waals surface area contributed by atoms with Gasteiger partial charge in [0.15, 0.2) is 0 Å². The predicted octanol–water partition coefficient (Wildman–Crippen LogP) is 7.38. The molecule has 3 aliphatic rings. The molecule has 1 aliphatic heterocycles. The molecule has 3 aromatic carbocycles. The maximum absolute atomic E-state index is 5.90. The van der Waals surface area contributed by atoms with Crippen molar-refractivity contribution >= 4 is 5.69 Å². The Hall–Kier alpha value is -2.78. The third-order valence-corrected chi connectivity index (χ3v) is 9.34. The van der Waals surface area contributed by atoms with Gasteiger partial charge >= 0.3 is 0 Å². The second kappa shape index (κ2) is 9.83. The van der Waals surface area contributed by atoms with Crippen molar-refractivity contribution in [1.29, 1.82) is 0 Å². The summed E-state index contributed by atoms with van der Waals surface area (Å²) in [6, 6.07) is 30.2. The molecule has 2 bridgehead atoms. The Kier molecular flexibility index (Phi) is 6.52. The van der Waals surface area contributed by atoms with Crippen LogP contribution in [-0.2, 0) is 5.41 Å². The van der Waals surface area contributed by atoms with Gasteiger partial charge in [-0.05, 0) is 71.3 Å². The number of benzene rings is 3. The maximum Gasteiger partial charge on any atom is 0.141 e. The van der Waals surface area contributed by atoms with Crippen molar-refractivity contribution in [2.45, 2.75) is 75.9 Å². The Morgan fingerprint density at radius 3 is 2.16 bits per heavy atom. The van der Waals surface area contributed by atoms with Gasteiger partial charge in [0.2, 0.25) is 0 Å². The predicted molar refractivity (Wildman–Crippen MR) is 153 cm³/mol. The van der Waals surface area contributed by atoms with E-state index >= 15 is 0 Å². The number of anilines is 1. The minimum Gasteiger partial charge on any atom is -0.495 e. The number of methoxy groups -OCH3 is 1. The first kappa shape index (κ1) is 24.6. The number of fused-ring (bicyclic) bond motifs is 2. The first-order chi connectivity index (χ1) is 17.9. The summed E-state index contributed by atoms with van der Waals surface area (Å²) in [6.07, 6.45) is 5.33. The summed E-state index contributed by atoms with van der Waals surface area (Å²) < 4.78 is 5.90. The first-order valence-corrected chi connectivity index (χ1v) is 14.2. The summed E-state index contributed by atoms with van der Waals surface area (Å²) in [7, 11) is 1.80. The van der Waals surface area contributed by atoms with Gasteiger partial charge in [-0.1, -0.05) is 93.9 Å². The Balaban J connectivity index is 1.46. The van der Waals surface area contributed by atoms with Crippen LogP contribution in [0.15, 0.2) is 78.9 Å². The van der Waals surface area contributed by atoms with Crippen LogP contribution >= 0.6 is 0 Å². The fourth-order valence-corrected chi connectivity index (χ4v) is 7.44. The quantitative estimate of drug-likeness (QED) is 0.375. The van der Waals surface area contributed by atoms with E-state index in [1.54, 1.807) is 7.11 Å². The second-order valence-electron chi connectivity index (χ2n) is 12.6. The Morgan fingerprint density at radius 1 is 0.865 bits per heavy atom. The van der Waals surface area contributed by atoms with Crippen molar-refractivity contribution in [3.8, 4) is 5.75 Å². The molecule has 3 nitrogen and oxygen atoms in total. The third kappa shape index (κ3) is 4.79. The molecule has 6 atom stereocenters. The standard InChI is InChI=1S/C34H42N2O/c1-34(2,3)24-18-19-29(37-4)28(20-24)36-33-31-26-17-11-16-25(21-27(26)31)35-32(33)30(22-12-7-5-8-13-22)23-14-9-6-10-15-23/h5-10,12-15,18-20,25-27,30-33,35-36H,11,16-17,21H2,1-4H3/t25?,26-,27?,31-,32?,33?/m0/s1. The monoisotopic (exact) mass is 494 g/mol. The van der Waals surface area contributed by atoms with E-state index in [-0.39, 0.29) is 17.4 Å². The molecule has 1 heterocycles. The van der Waals surface area contributed by atoms with Crippen molar-refractivity contribution in [3.05, 3.63) is 95.6 Å². The molecule has 0 spiro atoms. The molecule has 4 unspecified atom stereocenters. The minimum absolute atomic E-state index is 0.0824. The van der Waals surface area contributed by atoms with Crippen LogP contribution in [0.25, 0.3) is 0 Å². The van der Waals surface area contributed by atoms with E-state index in [2.05, 4.69) is 110 Å². The van der Waals surface area contributed by atoms with Crippen molar-refractivity contribution in [2.24, 2.45) is 17.8 Å².